The molecule has 0 radical (unpaired) electrons. The molecule has 0 unspecified atom stereocenters. The summed E-state index contributed by atoms with van der Waals surface area (Å²) in [5, 5.41) is 3.83. The van der Waals surface area contributed by atoms with Gasteiger partial charge in [0, 0.05) is 12.0 Å². The fraction of sp³-hybridized carbons (Fsp3) is 0.833. The third-order valence-corrected chi connectivity index (χ3v) is 3.90. The number of hydrogen-bond donors (Lipinski definition) is 3. The third kappa shape index (κ3) is 3.84. The lowest BCUT2D eigenvalue weighted by molar-refractivity contribution is -0.122. The zero-order valence-corrected chi connectivity index (χ0v) is 11.1. The van der Waals surface area contributed by atoms with E-state index in [1.807, 2.05) is 0 Å². The molecule has 17 heavy (non-hydrogen) atoms. The molecule has 0 aliphatic heterocycles. The highest BCUT2D eigenvalue weighted by Crippen LogP contribution is 2.28. The molecule has 3 N–H and O–H groups in total. The van der Waals surface area contributed by atoms with Gasteiger partial charge in [0.2, 0.25) is 5.91 Å². The Morgan fingerprint density at radius 3 is 2.47 bits per heavy atom. The molecule has 2 saturated carbocycles. The van der Waals surface area contributed by atoms with E-state index in [0.29, 0.717) is 17.1 Å². The van der Waals surface area contributed by atoms with Crippen LogP contribution in [-0.4, -0.2) is 17.1 Å². The Morgan fingerprint density at radius 2 is 1.82 bits per heavy atom. The van der Waals surface area contributed by atoms with Gasteiger partial charge in [-0.25, -0.2) is 0 Å². The molecule has 96 valence electrons. The first-order valence-corrected chi connectivity index (χ1v) is 6.94. The number of nitrogens with one attached hydrogen (secondary N) is 3. The van der Waals surface area contributed by atoms with Crippen molar-refractivity contribution in [3.63, 3.8) is 0 Å². The van der Waals surface area contributed by atoms with Gasteiger partial charge >= 0.3 is 0 Å². The Hall–Kier alpha value is -0.840. The van der Waals surface area contributed by atoms with Crippen molar-refractivity contribution in [3.8, 4) is 0 Å². The lowest BCUT2D eigenvalue weighted by Crippen LogP contribution is -2.51. The maximum atomic E-state index is 11.4. The second-order valence-corrected chi connectivity index (χ2v) is 5.64. The van der Waals surface area contributed by atoms with Gasteiger partial charge in [-0.15, -0.1) is 0 Å². The summed E-state index contributed by atoms with van der Waals surface area (Å²) in [6.07, 6.45) is 7.02. The highest BCUT2D eigenvalue weighted by Gasteiger charge is 2.29. The largest absolute Gasteiger partial charge is 0.358 e. The quantitative estimate of drug-likeness (QED) is 0.517. The van der Waals surface area contributed by atoms with Gasteiger partial charge in [-0.05, 0) is 43.8 Å². The normalized spacial score (nSPS) is 28.3. The second-order valence-electron chi connectivity index (χ2n) is 5.23. The number of carbonyl (C=O) groups excluding carboxylic acids is 1. The van der Waals surface area contributed by atoms with Crippen LogP contribution in [0, 0.1) is 11.8 Å². The molecule has 2 fully saturated rings. The SMILES string of the molecule is C[C@@H]1CCCC[C@H]1NC(=S)NNC(=O)C1CC1. The molecule has 0 aromatic carbocycles. The number of hydrogen-bond acceptors (Lipinski definition) is 2. The molecule has 2 aliphatic carbocycles. The van der Waals surface area contributed by atoms with Gasteiger partial charge in [-0.1, -0.05) is 19.8 Å². The van der Waals surface area contributed by atoms with Crippen molar-refractivity contribution in [1.29, 1.82) is 0 Å². The average molecular weight is 255 g/mol. The summed E-state index contributed by atoms with van der Waals surface area (Å²) < 4.78 is 0. The maximum Gasteiger partial charge on any atom is 0.241 e. The van der Waals surface area contributed by atoms with Crippen LogP contribution >= 0.6 is 12.2 Å². The van der Waals surface area contributed by atoms with E-state index in [2.05, 4.69) is 23.1 Å². The molecule has 0 aromatic heterocycles. The van der Waals surface area contributed by atoms with Crippen LogP contribution in [-0.2, 0) is 4.79 Å². The Bertz CT molecular complexity index is 304. The van der Waals surface area contributed by atoms with Crippen molar-refractivity contribution >= 4 is 23.2 Å². The van der Waals surface area contributed by atoms with E-state index in [1.54, 1.807) is 0 Å². The zero-order chi connectivity index (χ0) is 12.3. The fourth-order valence-corrected chi connectivity index (χ4v) is 2.50. The summed E-state index contributed by atoms with van der Waals surface area (Å²) >= 11 is 5.18. The molecule has 2 atom stereocenters. The number of amides is 1. The minimum Gasteiger partial charge on any atom is -0.358 e. The first kappa shape index (κ1) is 12.6. The average Bonchev–Trinajstić information content (AvgIpc) is 3.13. The minimum absolute atomic E-state index is 0.0610. The zero-order valence-electron chi connectivity index (χ0n) is 10.3. The molecule has 1 amide bonds. The first-order valence-electron chi connectivity index (χ1n) is 6.53. The monoisotopic (exact) mass is 255 g/mol. The summed E-state index contributed by atoms with van der Waals surface area (Å²) in [4.78, 5) is 11.4. The van der Waals surface area contributed by atoms with Crippen LogP contribution in [0.25, 0.3) is 0 Å². The molecule has 4 nitrogen and oxygen atoms in total. The van der Waals surface area contributed by atoms with Crippen LogP contribution < -0.4 is 16.2 Å². The highest BCUT2D eigenvalue weighted by molar-refractivity contribution is 7.80. The topological polar surface area (TPSA) is 53.2 Å². The van der Waals surface area contributed by atoms with Gasteiger partial charge in [0.15, 0.2) is 5.11 Å². The van der Waals surface area contributed by atoms with E-state index >= 15 is 0 Å². The summed E-state index contributed by atoms with van der Waals surface area (Å²) in [6.45, 7) is 2.25. The number of carbonyl (C=O) groups is 1. The Morgan fingerprint density at radius 1 is 1.12 bits per heavy atom. The number of hydrazine groups is 1. The number of thiocarbonyl (C=S) groups is 1. The van der Waals surface area contributed by atoms with Crippen LogP contribution in [0.4, 0.5) is 0 Å². The fourth-order valence-electron chi connectivity index (χ4n) is 2.30. The van der Waals surface area contributed by atoms with Crippen LogP contribution in [0.2, 0.25) is 0 Å². The molecular formula is C12H21N3OS. The lowest BCUT2D eigenvalue weighted by atomic mass is 9.86. The molecule has 0 heterocycles. The molecular weight excluding hydrogens is 234 g/mol. The van der Waals surface area contributed by atoms with E-state index in [1.165, 1.54) is 25.7 Å². The molecule has 0 bridgehead atoms. The first-order chi connectivity index (χ1) is 8.16. The van der Waals surface area contributed by atoms with Gasteiger partial charge in [-0.3, -0.25) is 15.6 Å². The van der Waals surface area contributed by atoms with Crippen LogP contribution in [0.15, 0.2) is 0 Å². The predicted molar refractivity (Wildman–Crippen MR) is 71.2 cm³/mol. The van der Waals surface area contributed by atoms with E-state index in [0.717, 1.165) is 12.8 Å². The minimum atomic E-state index is 0.0610. The van der Waals surface area contributed by atoms with Gasteiger partial charge in [0.25, 0.3) is 0 Å². The van der Waals surface area contributed by atoms with Crippen molar-refractivity contribution in [2.24, 2.45) is 11.8 Å². The molecule has 0 saturated heterocycles. The summed E-state index contributed by atoms with van der Waals surface area (Å²) in [5.41, 5.74) is 5.45. The van der Waals surface area contributed by atoms with Crippen molar-refractivity contribution < 1.29 is 4.79 Å². The van der Waals surface area contributed by atoms with Gasteiger partial charge in [-0.2, -0.15) is 0 Å². The molecule has 0 spiro atoms. The Balaban J connectivity index is 1.67. The summed E-state index contributed by atoms with van der Waals surface area (Å²) in [7, 11) is 0. The van der Waals surface area contributed by atoms with Crippen LogP contribution in [0.1, 0.15) is 45.4 Å². The lowest BCUT2D eigenvalue weighted by Gasteiger charge is -2.30. The molecule has 5 heteroatoms. The highest BCUT2D eigenvalue weighted by atomic mass is 32.1. The van der Waals surface area contributed by atoms with E-state index in [-0.39, 0.29) is 11.8 Å². The Kier molecular flexibility index (Phi) is 4.20. The smallest absolute Gasteiger partial charge is 0.241 e. The van der Waals surface area contributed by atoms with E-state index in [9.17, 15) is 4.79 Å². The van der Waals surface area contributed by atoms with Gasteiger partial charge in [0.05, 0.1) is 0 Å². The molecule has 2 rings (SSSR count). The van der Waals surface area contributed by atoms with Crippen LogP contribution in [0.5, 0.6) is 0 Å². The second kappa shape index (κ2) is 5.67. The van der Waals surface area contributed by atoms with Crippen LogP contribution in [0.3, 0.4) is 0 Å². The van der Waals surface area contributed by atoms with Crippen molar-refractivity contribution in [1.82, 2.24) is 16.2 Å². The van der Waals surface area contributed by atoms with E-state index in [4.69, 9.17) is 12.2 Å². The molecule has 0 aromatic rings. The van der Waals surface area contributed by atoms with Gasteiger partial charge < -0.3 is 5.32 Å². The maximum absolute atomic E-state index is 11.4. The predicted octanol–water partition coefficient (Wildman–Crippen LogP) is 1.47. The van der Waals surface area contributed by atoms with Gasteiger partial charge in [0.1, 0.15) is 0 Å². The number of rotatable bonds is 2. The van der Waals surface area contributed by atoms with Crippen molar-refractivity contribution in [2.45, 2.75) is 51.5 Å². The third-order valence-electron chi connectivity index (χ3n) is 3.68. The summed E-state index contributed by atoms with van der Waals surface area (Å²) in [5.74, 6) is 0.924. The van der Waals surface area contributed by atoms with Crippen molar-refractivity contribution in [2.75, 3.05) is 0 Å². The standard InChI is InChI=1S/C12H21N3OS/c1-8-4-2-3-5-10(8)13-12(17)15-14-11(16)9-6-7-9/h8-10H,2-7H2,1H3,(H,14,16)(H2,13,15,17)/t8-,10-/m1/s1. The molecule has 2 aliphatic rings. The summed E-state index contributed by atoms with van der Waals surface area (Å²) in [6, 6.07) is 0.446. The van der Waals surface area contributed by atoms with E-state index < -0.39 is 0 Å². The van der Waals surface area contributed by atoms with Crippen molar-refractivity contribution in [3.05, 3.63) is 0 Å². The Labute approximate surface area is 108 Å².